The maximum atomic E-state index is 12.3. The summed E-state index contributed by atoms with van der Waals surface area (Å²) < 4.78 is 0. The van der Waals surface area contributed by atoms with Crippen LogP contribution in [0.25, 0.3) is 0 Å². The Morgan fingerprint density at radius 1 is 1.59 bits per heavy atom. The second-order valence-corrected chi connectivity index (χ2v) is 6.02. The highest BCUT2D eigenvalue weighted by atomic mass is 32.1. The number of thiocarbonyl (C=S) groups is 1. The fraction of sp³-hybridized carbons (Fsp3) is 0.500. The molecule has 1 heterocycles. The smallest absolute Gasteiger partial charge is 0.235 e. The van der Waals surface area contributed by atoms with Crippen molar-refractivity contribution >= 4 is 34.5 Å². The molecule has 3 nitrogen and oxygen atoms in total. The van der Waals surface area contributed by atoms with Crippen LogP contribution in [0.15, 0.2) is 17.5 Å². The van der Waals surface area contributed by atoms with E-state index in [4.69, 9.17) is 18.0 Å². The Morgan fingerprint density at radius 2 is 2.18 bits per heavy atom. The lowest BCUT2D eigenvalue weighted by Crippen LogP contribution is -2.46. The van der Waals surface area contributed by atoms with Gasteiger partial charge in [-0.15, -0.1) is 11.3 Å². The standard InChI is InChI=1S/C12H18N2OS2/c1-8(9-6-5-7-17-9)14(4)11(15)12(2,3)10(13)16/h5-8H,1-4H3,(H2,13,16). The zero-order chi connectivity index (χ0) is 13.2. The molecule has 17 heavy (non-hydrogen) atoms. The first-order valence-electron chi connectivity index (χ1n) is 5.39. The maximum Gasteiger partial charge on any atom is 0.235 e. The predicted molar refractivity (Wildman–Crippen MR) is 76.1 cm³/mol. The highest BCUT2D eigenvalue weighted by Gasteiger charge is 2.35. The van der Waals surface area contributed by atoms with Crippen LogP contribution in [0, 0.1) is 5.41 Å². The average molecular weight is 270 g/mol. The van der Waals surface area contributed by atoms with Gasteiger partial charge in [0.1, 0.15) is 0 Å². The van der Waals surface area contributed by atoms with Crippen molar-refractivity contribution in [3.63, 3.8) is 0 Å². The number of carbonyl (C=O) groups excluding carboxylic acids is 1. The second kappa shape index (κ2) is 5.14. The van der Waals surface area contributed by atoms with Gasteiger partial charge in [0.05, 0.1) is 16.4 Å². The van der Waals surface area contributed by atoms with Crippen molar-refractivity contribution in [3.05, 3.63) is 22.4 Å². The van der Waals surface area contributed by atoms with E-state index < -0.39 is 5.41 Å². The molecule has 0 saturated heterocycles. The van der Waals surface area contributed by atoms with E-state index in [1.807, 2.05) is 24.4 Å². The van der Waals surface area contributed by atoms with Crippen LogP contribution in [0.3, 0.4) is 0 Å². The van der Waals surface area contributed by atoms with Crippen molar-refractivity contribution in [2.24, 2.45) is 11.1 Å². The van der Waals surface area contributed by atoms with Gasteiger partial charge in [0.2, 0.25) is 5.91 Å². The van der Waals surface area contributed by atoms with Gasteiger partial charge in [0, 0.05) is 11.9 Å². The number of carbonyl (C=O) groups is 1. The number of hydrogen-bond donors (Lipinski definition) is 1. The Bertz CT molecular complexity index is 412. The van der Waals surface area contributed by atoms with Crippen molar-refractivity contribution < 1.29 is 4.79 Å². The monoisotopic (exact) mass is 270 g/mol. The molecule has 0 saturated carbocycles. The number of amides is 1. The minimum Gasteiger partial charge on any atom is -0.392 e. The van der Waals surface area contributed by atoms with Gasteiger partial charge in [-0.3, -0.25) is 4.79 Å². The third-order valence-electron chi connectivity index (χ3n) is 3.01. The fourth-order valence-corrected chi connectivity index (χ4v) is 2.36. The number of thiophene rings is 1. The van der Waals surface area contributed by atoms with Crippen LogP contribution in [-0.2, 0) is 4.79 Å². The van der Waals surface area contributed by atoms with Crippen molar-refractivity contribution in [2.45, 2.75) is 26.8 Å². The molecule has 1 aromatic heterocycles. The summed E-state index contributed by atoms with van der Waals surface area (Å²) in [6.07, 6.45) is 0. The van der Waals surface area contributed by atoms with E-state index in [-0.39, 0.29) is 16.9 Å². The molecule has 1 rings (SSSR count). The Kier molecular flexibility index (Phi) is 4.27. The van der Waals surface area contributed by atoms with Crippen LogP contribution < -0.4 is 5.73 Å². The maximum absolute atomic E-state index is 12.3. The quantitative estimate of drug-likeness (QED) is 0.855. The minimum atomic E-state index is -0.796. The number of rotatable bonds is 4. The normalized spacial score (nSPS) is 13.2. The molecule has 5 heteroatoms. The molecule has 94 valence electrons. The van der Waals surface area contributed by atoms with Gasteiger partial charge in [0.25, 0.3) is 0 Å². The molecule has 1 atom stereocenters. The zero-order valence-electron chi connectivity index (χ0n) is 10.6. The Labute approximate surface area is 112 Å². The lowest BCUT2D eigenvalue weighted by Gasteiger charge is -2.32. The van der Waals surface area contributed by atoms with Gasteiger partial charge < -0.3 is 10.6 Å². The van der Waals surface area contributed by atoms with E-state index in [2.05, 4.69) is 0 Å². The first-order valence-corrected chi connectivity index (χ1v) is 6.68. The molecule has 0 spiro atoms. The summed E-state index contributed by atoms with van der Waals surface area (Å²) in [6, 6.07) is 4.04. The van der Waals surface area contributed by atoms with Crippen LogP contribution in [0.4, 0.5) is 0 Å². The summed E-state index contributed by atoms with van der Waals surface area (Å²) in [7, 11) is 1.78. The summed E-state index contributed by atoms with van der Waals surface area (Å²) in [5.74, 6) is -0.0501. The summed E-state index contributed by atoms with van der Waals surface area (Å²) in [5, 5.41) is 2.00. The topological polar surface area (TPSA) is 46.3 Å². The number of nitrogens with two attached hydrogens (primary N) is 1. The molecule has 0 fully saturated rings. The van der Waals surface area contributed by atoms with Crippen LogP contribution in [0.2, 0.25) is 0 Å². The molecule has 1 aromatic rings. The molecule has 1 unspecified atom stereocenters. The molecule has 0 aliphatic rings. The van der Waals surface area contributed by atoms with Crippen LogP contribution in [0.5, 0.6) is 0 Å². The predicted octanol–water partition coefficient (Wildman–Crippen LogP) is 2.58. The van der Waals surface area contributed by atoms with Crippen LogP contribution in [-0.4, -0.2) is 22.8 Å². The SMILES string of the molecule is CC(c1cccs1)N(C)C(=O)C(C)(C)C(N)=S. The number of nitrogens with zero attached hydrogens (tertiary/aromatic N) is 1. The molecule has 0 aliphatic carbocycles. The van der Waals surface area contributed by atoms with Crippen molar-refractivity contribution in [2.75, 3.05) is 7.05 Å². The van der Waals surface area contributed by atoms with E-state index in [0.717, 1.165) is 4.88 Å². The van der Waals surface area contributed by atoms with Gasteiger partial charge in [-0.05, 0) is 32.2 Å². The van der Waals surface area contributed by atoms with Gasteiger partial charge in [-0.25, -0.2) is 0 Å². The molecular formula is C12H18N2OS2. The van der Waals surface area contributed by atoms with Crippen molar-refractivity contribution in [3.8, 4) is 0 Å². The van der Waals surface area contributed by atoms with Crippen molar-refractivity contribution in [1.82, 2.24) is 4.90 Å². The second-order valence-electron chi connectivity index (χ2n) is 4.60. The molecule has 1 amide bonds. The first kappa shape index (κ1) is 14.1. The summed E-state index contributed by atoms with van der Waals surface area (Å²) >= 11 is 6.58. The van der Waals surface area contributed by atoms with Crippen LogP contribution >= 0.6 is 23.6 Å². The highest BCUT2D eigenvalue weighted by Crippen LogP contribution is 2.28. The molecule has 2 N–H and O–H groups in total. The van der Waals surface area contributed by atoms with Crippen LogP contribution in [0.1, 0.15) is 31.7 Å². The van der Waals surface area contributed by atoms with Gasteiger partial charge in [-0.1, -0.05) is 18.3 Å². The van der Waals surface area contributed by atoms with E-state index >= 15 is 0 Å². The molecular weight excluding hydrogens is 252 g/mol. The molecule has 0 bridgehead atoms. The Hall–Kier alpha value is -0.940. The number of hydrogen-bond acceptors (Lipinski definition) is 3. The molecule has 0 aliphatic heterocycles. The summed E-state index contributed by atoms with van der Waals surface area (Å²) in [6.45, 7) is 5.52. The zero-order valence-corrected chi connectivity index (χ0v) is 12.2. The van der Waals surface area contributed by atoms with Gasteiger partial charge in [-0.2, -0.15) is 0 Å². The largest absolute Gasteiger partial charge is 0.392 e. The lowest BCUT2D eigenvalue weighted by molar-refractivity contribution is -0.137. The Balaban J connectivity index is 2.87. The van der Waals surface area contributed by atoms with E-state index in [0.29, 0.717) is 0 Å². The van der Waals surface area contributed by atoms with Crippen molar-refractivity contribution in [1.29, 1.82) is 0 Å². The van der Waals surface area contributed by atoms with Gasteiger partial charge in [0.15, 0.2) is 0 Å². The average Bonchev–Trinajstić information content (AvgIpc) is 2.79. The Morgan fingerprint density at radius 3 is 2.59 bits per heavy atom. The fourth-order valence-electron chi connectivity index (χ4n) is 1.44. The third kappa shape index (κ3) is 2.84. The van der Waals surface area contributed by atoms with E-state index in [9.17, 15) is 4.79 Å². The highest BCUT2D eigenvalue weighted by molar-refractivity contribution is 7.80. The van der Waals surface area contributed by atoms with E-state index in [1.54, 1.807) is 37.1 Å². The van der Waals surface area contributed by atoms with E-state index in [1.165, 1.54) is 0 Å². The minimum absolute atomic E-state index is 0.0381. The molecule has 0 aromatic carbocycles. The summed E-state index contributed by atoms with van der Waals surface area (Å²) in [5.41, 5.74) is 4.82. The summed E-state index contributed by atoms with van der Waals surface area (Å²) in [4.78, 5) is 15.4. The third-order valence-corrected chi connectivity index (χ3v) is 4.56. The lowest BCUT2D eigenvalue weighted by atomic mass is 9.91. The first-order chi connectivity index (χ1) is 7.78. The molecule has 0 radical (unpaired) electrons. The van der Waals surface area contributed by atoms with Gasteiger partial charge >= 0.3 is 0 Å².